The molecule has 0 aliphatic heterocycles. The summed E-state index contributed by atoms with van der Waals surface area (Å²) in [5.41, 5.74) is 8.85. The van der Waals surface area contributed by atoms with Crippen LogP contribution in [-0.4, -0.2) is 36.3 Å². The third kappa shape index (κ3) is 12.8. The van der Waals surface area contributed by atoms with Gasteiger partial charge < -0.3 is 4.74 Å². The molecule has 0 heterocycles. The number of ether oxygens (including phenoxy) is 1. The van der Waals surface area contributed by atoms with Gasteiger partial charge in [-0.15, -0.1) is 0 Å². The molecule has 0 amide bonds. The van der Waals surface area contributed by atoms with Gasteiger partial charge in [0, 0.05) is 30.6 Å². The van der Waals surface area contributed by atoms with Crippen molar-refractivity contribution in [3.8, 4) is 0 Å². The minimum Gasteiger partial charge on any atom is -0.458 e. The Kier molecular flexibility index (Phi) is 16.2. The molecule has 61 heavy (non-hydrogen) atoms. The lowest BCUT2D eigenvalue weighted by Crippen LogP contribution is -2.51. The number of esters is 1. The van der Waals surface area contributed by atoms with Crippen molar-refractivity contribution in [3.05, 3.63) is 82.4 Å². The van der Waals surface area contributed by atoms with Crippen LogP contribution in [0.3, 0.4) is 0 Å². The van der Waals surface area contributed by atoms with Gasteiger partial charge in [0.2, 0.25) is 0 Å². The van der Waals surface area contributed by atoms with Gasteiger partial charge in [0.25, 0.3) is 0 Å². The van der Waals surface area contributed by atoms with Crippen LogP contribution in [0.1, 0.15) is 145 Å². The predicted molar refractivity (Wildman–Crippen MR) is 273 cm³/mol. The van der Waals surface area contributed by atoms with Gasteiger partial charge in [0.15, 0.2) is 0 Å². The second-order valence-corrected chi connectivity index (χ2v) is 42.0. The quantitative estimate of drug-likeness (QED) is 0.0573. The van der Waals surface area contributed by atoms with E-state index in [9.17, 15) is 4.79 Å². The van der Waals surface area contributed by atoms with Gasteiger partial charge in [-0.05, 0) is 146 Å². The molecule has 5 heteroatoms. The van der Waals surface area contributed by atoms with Crippen LogP contribution in [0.2, 0.25) is 69.6 Å². The van der Waals surface area contributed by atoms with E-state index in [4.69, 9.17) is 4.74 Å². The van der Waals surface area contributed by atoms with Crippen molar-refractivity contribution in [1.82, 2.24) is 0 Å². The first kappa shape index (κ1) is 48.8. The Morgan fingerprint density at radius 3 is 1.95 bits per heavy atom. The lowest BCUT2D eigenvalue weighted by molar-refractivity contribution is -0.0594. The standard InChI is InChI=1S/C56H92O2Si3/c1-42(2)16-15-17-43(3)51-31-32-52-50-30-29-48-40-49(33-35-55(48,4)53(50)34-36-56(51,52)5)58-54(57)47-27-25-46(26-28-47)24-23-45-21-19-44(20-22-45)18-13-14-37-60(9,10)38-39-61(11,12)41-59(6,7)8/h19-22,25-29,42-43,49-53H,13-18,23-24,30-41H2,1-12H3/t43-,49?,50?,51-,52?,53?,55+,56-/m1/s1. The van der Waals surface area contributed by atoms with Crippen LogP contribution in [-0.2, 0) is 24.0 Å². The molecule has 2 nitrogen and oxygen atoms in total. The van der Waals surface area contributed by atoms with Gasteiger partial charge >= 0.3 is 5.97 Å². The van der Waals surface area contributed by atoms with Crippen LogP contribution in [0.4, 0.5) is 0 Å². The first-order chi connectivity index (χ1) is 28.7. The van der Waals surface area contributed by atoms with E-state index in [1.807, 2.05) is 12.1 Å². The Labute approximate surface area is 379 Å². The zero-order valence-corrected chi connectivity index (χ0v) is 44.7. The molecular formula is C56H92O2Si3. The van der Waals surface area contributed by atoms with E-state index in [1.165, 1.54) is 99.4 Å². The summed E-state index contributed by atoms with van der Waals surface area (Å²) in [6.45, 7) is 30.9. The summed E-state index contributed by atoms with van der Waals surface area (Å²) in [5.74, 6) is 4.96. The summed E-state index contributed by atoms with van der Waals surface area (Å²) in [7, 11) is -3.10. The Hall–Kier alpha value is -1.70. The van der Waals surface area contributed by atoms with E-state index < -0.39 is 24.2 Å². The molecule has 4 aliphatic carbocycles. The zero-order valence-electron chi connectivity index (χ0n) is 41.7. The molecule has 0 radical (unpaired) electrons. The zero-order chi connectivity index (χ0) is 44.2. The minimum absolute atomic E-state index is 0.000381. The van der Waals surface area contributed by atoms with Gasteiger partial charge in [-0.2, -0.15) is 0 Å². The van der Waals surface area contributed by atoms with Crippen LogP contribution in [0.25, 0.3) is 0 Å². The molecule has 0 bridgehead atoms. The van der Waals surface area contributed by atoms with Crippen molar-refractivity contribution in [3.63, 3.8) is 0 Å². The molecule has 8 atom stereocenters. The highest BCUT2D eigenvalue weighted by molar-refractivity contribution is 6.95. The molecule has 2 aromatic carbocycles. The third-order valence-corrected chi connectivity index (χ3v) is 31.0. The second-order valence-electron chi connectivity index (χ2n) is 25.3. The van der Waals surface area contributed by atoms with Gasteiger partial charge in [0.1, 0.15) is 6.10 Å². The molecule has 4 aliphatic rings. The molecule has 0 saturated heterocycles. The van der Waals surface area contributed by atoms with Gasteiger partial charge in [-0.3, -0.25) is 0 Å². The maximum atomic E-state index is 13.5. The number of fused-ring (bicyclic) bond motifs is 5. The van der Waals surface area contributed by atoms with E-state index in [2.05, 4.69) is 123 Å². The van der Waals surface area contributed by atoms with Crippen molar-refractivity contribution >= 4 is 30.2 Å². The normalized spacial score (nSPS) is 28.5. The Balaban J connectivity index is 0.916. The number of aryl methyl sites for hydroxylation is 3. The van der Waals surface area contributed by atoms with Crippen molar-refractivity contribution in [1.29, 1.82) is 0 Å². The minimum atomic E-state index is -1.10. The van der Waals surface area contributed by atoms with E-state index in [-0.39, 0.29) is 17.5 Å². The van der Waals surface area contributed by atoms with Gasteiger partial charge in [-0.25, -0.2) is 4.79 Å². The number of hydrogen-bond donors (Lipinski definition) is 0. The Morgan fingerprint density at radius 1 is 0.689 bits per heavy atom. The fourth-order valence-electron chi connectivity index (χ4n) is 14.2. The lowest BCUT2D eigenvalue weighted by atomic mass is 9.47. The van der Waals surface area contributed by atoms with E-state index in [0.29, 0.717) is 11.0 Å². The van der Waals surface area contributed by atoms with E-state index in [0.717, 1.165) is 67.6 Å². The number of benzene rings is 2. The molecule has 4 unspecified atom stereocenters. The molecule has 0 aromatic heterocycles. The van der Waals surface area contributed by atoms with E-state index >= 15 is 0 Å². The molecule has 2 aromatic rings. The topological polar surface area (TPSA) is 26.3 Å². The summed E-state index contributed by atoms with van der Waals surface area (Å²) in [4.78, 5) is 13.5. The Bertz CT molecular complexity index is 1750. The highest BCUT2D eigenvalue weighted by Gasteiger charge is 2.59. The number of hydrogen-bond acceptors (Lipinski definition) is 2. The first-order valence-electron chi connectivity index (χ1n) is 25.7. The average Bonchev–Trinajstić information content (AvgIpc) is 3.55. The van der Waals surface area contributed by atoms with Crippen molar-refractivity contribution in [2.75, 3.05) is 0 Å². The Morgan fingerprint density at radius 2 is 1.31 bits per heavy atom. The molecule has 6 rings (SSSR count). The molecule has 340 valence electrons. The van der Waals surface area contributed by atoms with Crippen LogP contribution in [0.15, 0.2) is 60.2 Å². The fourth-order valence-corrected chi connectivity index (χ4v) is 33.3. The first-order valence-corrected chi connectivity index (χ1v) is 36.3. The summed E-state index contributed by atoms with van der Waals surface area (Å²) in [6.07, 6.45) is 22.8. The number of rotatable bonds is 20. The highest BCUT2D eigenvalue weighted by atomic mass is 28.4. The van der Waals surface area contributed by atoms with Crippen LogP contribution >= 0.6 is 0 Å². The van der Waals surface area contributed by atoms with E-state index in [1.54, 1.807) is 17.3 Å². The number of unbranched alkanes of at least 4 members (excludes halogenated alkanes) is 1. The number of carbonyl (C=O) groups is 1. The SMILES string of the molecule is CC(C)CCC[C@@H](C)[C@H]1CCC2C3CC=C4CC(OC(=O)c5ccc(CCc6ccc(CCCC[Si](C)(C)CC[Si](C)(C)C[Si](C)(C)C)cc6)cc5)CC[C@]4(C)C3CC[C@@]21C. The molecular weight excluding hydrogens is 789 g/mol. The smallest absolute Gasteiger partial charge is 0.338 e. The number of carbonyl (C=O) groups excluding carboxylic acids is 1. The maximum absolute atomic E-state index is 13.5. The summed E-state index contributed by atoms with van der Waals surface area (Å²) >= 11 is 0. The molecule has 3 fully saturated rings. The lowest BCUT2D eigenvalue weighted by Gasteiger charge is -2.58. The molecule has 3 saturated carbocycles. The summed E-state index contributed by atoms with van der Waals surface area (Å²) in [6, 6.07) is 22.3. The summed E-state index contributed by atoms with van der Waals surface area (Å²) in [5, 5.41) is 0. The third-order valence-electron chi connectivity index (χ3n) is 17.5. The fraction of sp³-hybridized carbons (Fsp3) is 0.732. The second kappa shape index (κ2) is 20.2. The molecule has 0 spiro atoms. The monoisotopic (exact) mass is 881 g/mol. The van der Waals surface area contributed by atoms with Crippen LogP contribution in [0.5, 0.6) is 0 Å². The van der Waals surface area contributed by atoms with Gasteiger partial charge in [0.05, 0.1) is 5.56 Å². The summed E-state index contributed by atoms with van der Waals surface area (Å²) < 4.78 is 6.27. The molecule has 0 N–H and O–H groups in total. The van der Waals surface area contributed by atoms with Crippen molar-refractivity contribution < 1.29 is 9.53 Å². The predicted octanol–water partition coefficient (Wildman–Crippen LogP) is 16.7. The highest BCUT2D eigenvalue weighted by Crippen LogP contribution is 2.67. The average molecular weight is 882 g/mol. The largest absolute Gasteiger partial charge is 0.458 e. The van der Waals surface area contributed by atoms with Crippen molar-refractivity contribution in [2.24, 2.45) is 46.3 Å². The maximum Gasteiger partial charge on any atom is 0.338 e. The number of allylic oxidation sites excluding steroid dienone is 1. The van der Waals surface area contributed by atoms with Gasteiger partial charge in [-0.1, -0.05) is 178 Å². The van der Waals surface area contributed by atoms with Crippen LogP contribution in [0, 0.1) is 46.3 Å². The van der Waals surface area contributed by atoms with Crippen LogP contribution < -0.4 is 0 Å². The van der Waals surface area contributed by atoms with Crippen molar-refractivity contribution in [2.45, 2.75) is 213 Å².